The molecule has 0 spiro atoms. The molecule has 0 atom stereocenters. The molecule has 0 aliphatic heterocycles. The Labute approximate surface area is 126 Å². The summed E-state index contributed by atoms with van der Waals surface area (Å²) in [6, 6.07) is 3.58. The van der Waals surface area contributed by atoms with Gasteiger partial charge in [0.2, 0.25) is 5.75 Å². The van der Waals surface area contributed by atoms with Crippen LogP contribution in [0.3, 0.4) is 0 Å². The highest BCUT2D eigenvalue weighted by atomic mass is 16.5. The zero-order valence-corrected chi connectivity index (χ0v) is 13.9. The number of hydrogen-bond acceptors (Lipinski definition) is 4. The molecule has 0 unspecified atom stereocenters. The van der Waals surface area contributed by atoms with Crippen molar-refractivity contribution >= 4 is 5.91 Å². The molecule has 21 heavy (non-hydrogen) atoms. The molecule has 0 aromatic heterocycles. The van der Waals surface area contributed by atoms with E-state index in [0.29, 0.717) is 22.8 Å². The van der Waals surface area contributed by atoms with Crippen molar-refractivity contribution in [3.05, 3.63) is 17.7 Å². The Hall–Kier alpha value is -1.91. The number of carbonyl (C=O) groups is 1. The van der Waals surface area contributed by atoms with E-state index in [-0.39, 0.29) is 18.0 Å². The fraction of sp³-hybridized carbons (Fsp3) is 0.562. The predicted molar refractivity (Wildman–Crippen MR) is 82.5 cm³/mol. The van der Waals surface area contributed by atoms with Gasteiger partial charge in [-0.2, -0.15) is 0 Å². The van der Waals surface area contributed by atoms with E-state index in [1.807, 2.05) is 32.6 Å². The highest BCUT2D eigenvalue weighted by molar-refractivity contribution is 5.96. The van der Waals surface area contributed by atoms with Gasteiger partial charge in [-0.3, -0.25) is 4.79 Å². The van der Waals surface area contributed by atoms with Gasteiger partial charge in [0.25, 0.3) is 5.91 Å². The van der Waals surface area contributed by atoms with Crippen molar-refractivity contribution in [3.8, 4) is 17.2 Å². The van der Waals surface area contributed by atoms with Crippen LogP contribution in [0, 0.1) is 0 Å². The first-order chi connectivity index (χ1) is 9.87. The first kappa shape index (κ1) is 17.1. The molecular weight excluding hydrogens is 270 g/mol. The zero-order valence-electron chi connectivity index (χ0n) is 13.9. The molecule has 1 rings (SSSR count). The quantitative estimate of drug-likeness (QED) is 0.809. The first-order valence-electron chi connectivity index (χ1n) is 7.00. The van der Waals surface area contributed by atoms with Crippen LogP contribution in [-0.4, -0.2) is 44.2 Å². The van der Waals surface area contributed by atoms with Crippen LogP contribution in [0.1, 0.15) is 38.1 Å². The molecule has 1 aromatic rings. The molecule has 0 heterocycles. The van der Waals surface area contributed by atoms with Crippen LogP contribution in [0.2, 0.25) is 0 Å². The minimum Gasteiger partial charge on any atom is -0.493 e. The first-order valence-corrected chi connectivity index (χ1v) is 7.00. The highest BCUT2D eigenvalue weighted by Crippen LogP contribution is 2.38. The SMILES string of the molecule is COc1cc(C(=O)N(C(C)C)C(C)C)cc(OC)c1OC. The van der Waals surface area contributed by atoms with Crippen molar-refractivity contribution in [2.45, 2.75) is 39.8 Å². The van der Waals surface area contributed by atoms with Crippen molar-refractivity contribution in [2.75, 3.05) is 21.3 Å². The van der Waals surface area contributed by atoms with Gasteiger partial charge < -0.3 is 19.1 Å². The van der Waals surface area contributed by atoms with Gasteiger partial charge in [0.15, 0.2) is 11.5 Å². The number of carbonyl (C=O) groups excluding carboxylic acids is 1. The van der Waals surface area contributed by atoms with E-state index in [4.69, 9.17) is 14.2 Å². The molecule has 1 amide bonds. The highest BCUT2D eigenvalue weighted by Gasteiger charge is 2.24. The lowest BCUT2D eigenvalue weighted by molar-refractivity contribution is 0.0643. The summed E-state index contributed by atoms with van der Waals surface area (Å²) in [5, 5.41) is 0. The Morgan fingerprint density at radius 1 is 0.905 bits per heavy atom. The molecule has 0 aliphatic rings. The molecule has 5 heteroatoms. The fourth-order valence-corrected chi connectivity index (χ4v) is 2.42. The molecule has 0 N–H and O–H groups in total. The third-order valence-corrected chi connectivity index (χ3v) is 3.26. The number of hydrogen-bond donors (Lipinski definition) is 0. The minimum absolute atomic E-state index is 0.0562. The summed E-state index contributed by atoms with van der Waals surface area (Å²) in [7, 11) is 4.61. The van der Waals surface area contributed by atoms with E-state index in [2.05, 4.69) is 0 Å². The van der Waals surface area contributed by atoms with Crippen molar-refractivity contribution < 1.29 is 19.0 Å². The van der Waals surface area contributed by atoms with Crippen molar-refractivity contribution in [1.29, 1.82) is 0 Å². The van der Waals surface area contributed by atoms with Gasteiger partial charge in [-0.05, 0) is 39.8 Å². The largest absolute Gasteiger partial charge is 0.493 e. The Kier molecular flexibility index (Phi) is 5.88. The second-order valence-corrected chi connectivity index (χ2v) is 5.31. The van der Waals surface area contributed by atoms with Crippen LogP contribution in [0.15, 0.2) is 12.1 Å². The smallest absolute Gasteiger partial charge is 0.254 e. The van der Waals surface area contributed by atoms with Gasteiger partial charge in [0.1, 0.15) is 0 Å². The molecule has 0 aliphatic carbocycles. The van der Waals surface area contributed by atoms with Crippen LogP contribution in [0.25, 0.3) is 0 Å². The van der Waals surface area contributed by atoms with Crippen molar-refractivity contribution in [1.82, 2.24) is 4.90 Å². The van der Waals surface area contributed by atoms with Gasteiger partial charge in [0, 0.05) is 17.6 Å². The minimum atomic E-state index is -0.0562. The van der Waals surface area contributed by atoms with Gasteiger partial charge in [-0.15, -0.1) is 0 Å². The molecule has 1 aromatic carbocycles. The molecule has 0 saturated carbocycles. The lowest BCUT2D eigenvalue weighted by atomic mass is 10.1. The van der Waals surface area contributed by atoms with E-state index >= 15 is 0 Å². The van der Waals surface area contributed by atoms with E-state index in [0.717, 1.165) is 0 Å². The van der Waals surface area contributed by atoms with Crippen LogP contribution in [0.5, 0.6) is 17.2 Å². The molecule has 0 radical (unpaired) electrons. The van der Waals surface area contributed by atoms with Crippen LogP contribution in [-0.2, 0) is 0 Å². The van der Waals surface area contributed by atoms with Crippen LogP contribution in [0.4, 0.5) is 0 Å². The van der Waals surface area contributed by atoms with Gasteiger partial charge in [-0.1, -0.05) is 0 Å². The molecule has 0 saturated heterocycles. The van der Waals surface area contributed by atoms with E-state index in [1.165, 1.54) is 21.3 Å². The molecule has 5 nitrogen and oxygen atoms in total. The summed E-state index contributed by atoms with van der Waals surface area (Å²) in [4.78, 5) is 14.6. The second kappa shape index (κ2) is 7.20. The maximum atomic E-state index is 12.7. The molecule has 118 valence electrons. The Balaban J connectivity index is 3.33. The average molecular weight is 295 g/mol. The van der Waals surface area contributed by atoms with Crippen LogP contribution >= 0.6 is 0 Å². The monoisotopic (exact) mass is 295 g/mol. The lowest BCUT2D eigenvalue weighted by Gasteiger charge is -2.31. The number of amides is 1. The van der Waals surface area contributed by atoms with Crippen molar-refractivity contribution in [2.24, 2.45) is 0 Å². The second-order valence-electron chi connectivity index (χ2n) is 5.31. The Morgan fingerprint density at radius 2 is 1.33 bits per heavy atom. The fourth-order valence-electron chi connectivity index (χ4n) is 2.42. The lowest BCUT2D eigenvalue weighted by Crippen LogP contribution is -2.42. The number of rotatable bonds is 6. The number of ether oxygens (including phenoxy) is 3. The summed E-state index contributed by atoms with van der Waals surface area (Å²) in [5.41, 5.74) is 0.520. The van der Waals surface area contributed by atoms with E-state index < -0.39 is 0 Å². The maximum Gasteiger partial charge on any atom is 0.254 e. The van der Waals surface area contributed by atoms with Gasteiger partial charge >= 0.3 is 0 Å². The number of nitrogens with zero attached hydrogens (tertiary/aromatic N) is 1. The summed E-state index contributed by atoms with van der Waals surface area (Å²) in [6.07, 6.45) is 0. The average Bonchev–Trinajstić information content (AvgIpc) is 2.44. The third kappa shape index (κ3) is 3.60. The standard InChI is InChI=1S/C16H25NO4/c1-10(2)17(11(3)4)16(18)12-8-13(19-5)15(21-7)14(9-12)20-6/h8-11H,1-7H3. The number of benzene rings is 1. The van der Waals surface area contributed by atoms with Gasteiger partial charge in [-0.25, -0.2) is 0 Å². The van der Waals surface area contributed by atoms with E-state index in [1.54, 1.807) is 12.1 Å². The zero-order chi connectivity index (χ0) is 16.2. The third-order valence-electron chi connectivity index (χ3n) is 3.26. The Morgan fingerprint density at radius 3 is 1.62 bits per heavy atom. The summed E-state index contributed by atoms with van der Waals surface area (Å²) in [5.74, 6) is 1.39. The summed E-state index contributed by atoms with van der Waals surface area (Å²) >= 11 is 0. The topological polar surface area (TPSA) is 48.0 Å². The van der Waals surface area contributed by atoms with Gasteiger partial charge in [0.05, 0.1) is 21.3 Å². The Bertz CT molecular complexity index is 464. The summed E-state index contributed by atoms with van der Waals surface area (Å²) in [6.45, 7) is 7.98. The van der Waals surface area contributed by atoms with Crippen LogP contribution < -0.4 is 14.2 Å². The molecular formula is C16H25NO4. The summed E-state index contributed by atoms with van der Waals surface area (Å²) < 4.78 is 15.9. The molecule has 0 bridgehead atoms. The maximum absolute atomic E-state index is 12.7. The molecule has 0 fully saturated rings. The number of methoxy groups -OCH3 is 3. The predicted octanol–water partition coefficient (Wildman–Crippen LogP) is 2.97. The van der Waals surface area contributed by atoms with Crippen molar-refractivity contribution in [3.63, 3.8) is 0 Å². The van der Waals surface area contributed by atoms with E-state index in [9.17, 15) is 4.79 Å². The normalized spacial score (nSPS) is 10.7.